The van der Waals surface area contributed by atoms with Crippen LogP contribution in [0.5, 0.6) is 0 Å². The third-order valence-electron chi connectivity index (χ3n) is 6.13. The predicted molar refractivity (Wildman–Crippen MR) is 143 cm³/mol. The Balaban J connectivity index is 1.32. The van der Waals surface area contributed by atoms with Crippen molar-refractivity contribution in [2.24, 2.45) is 7.05 Å². The summed E-state index contributed by atoms with van der Waals surface area (Å²) < 4.78 is 3.41. The number of amides is 2. The van der Waals surface area contributed by atoms with Gasteiger partial charge in [0, 0.05) is 42.0 Å². The van der Waals surface area contributed by atoms with Gasteiger partial charge >= 0.3 is 0 Å². The van der Waals surface area contributed by atoms with Crippen molar-refractivity contribution >= 4 is 29.4 Å². The van der Waals surface area contributed by atoms with Crippen molar-refractivity contribution in [3.8, 4) is 11.3 Å². The van der Waals surface area contributed by atoms with Crippen LogP contribution in [0, 0.1) is 6.92 Å². The number of hydrogen-bond acceptors (Lipinski definition) is 6. The molecule has 4 heterocycles. The van der Waals surface area contributed by atoms with E-state index in [9.17, 15) is 9.59 Å². The second-order valence-electron chi connectivity index (χ2n) is 8.89. The zero-order valence-corrected chi connectivity index (χ0v) is 21.6. The fraction of sp³-hybridized carbons (Fsp3) is 0.222. The standard InChI is InChI=1S/C27H27N7O2S/c1-17-9-10-20(11-12-34-15-23(32-25(17)34)19-7-5-4-6-8-19)31-27(36)24-22(14-29-33(24)3)26(35)28-13-21-16-37-18(2)30-21/h4-8,10-12,14-17H,9,13H2,1-3H3,(H,28,35)(H,31,36). The molecule has 9 nitrogen and oxygen atoms in total. The van der Waals surface area contributed by atoms with Crippen LogP contribution in [0.25, 0.3) is 17.5 Å². The van der Waals surface area contributed by atoms with E-state index >= 15 is 0 Å². The summed E-state index contributed by atoms with van der Waals surface area (Å²) in [5, 5.41) is 12.7. The fourth-order valence-electron chi connectivity index (χ4n) is 4.19. The SMILES string of the molecule is Cc1nc(CNC(=O)c2cnn(C)c2C(=O)NC2=CCC(C)c3nc(-c4ccccc4)cn3C=C2)cs1. The van der Waals surface area contributed by atoms with Gasteiger partial charge in [0.1, 0.15) is 11.5 Å². The van der Waals surface area contributed by atoms with Crippen LogP contribution in [0.15, 0.2) is 66.0 Å². The van der Waals surface area contributed by atoms with Gasteiger partial charge in [0.2, 0.25) is 0 Å². The van der Waals surface area contributed by atoms with Crippen LogP contribution in [-0.2, 0) is 13.6 Å². The molecule has 3 aromatic heterocycles. The highest BCUT2D eigenvalue weighted by Gasteiger charge is 2.23. The van der Waals surface area contributed by atoms with Crippen LogP contribution in [0.2, 0.25) is 0 Å². The number of thiazole rings is 1. The van der Waals surface area contributed by atoms with Gasteiger partial charge in [-0.25, -0.2) is 9.97 Å². The molecule has 2 amide bonds. The molecule has 1 aliphatic rings. The van der Waals surface area contributed by atoms with E-state index in [-0.39, 0.29) is 29.6 Å². The highest BCUT2D eigenvalue weighted by Crippen LogP contribution is 2.27. The summed E-state index contributed by atoms with van der Waals surface area (Å²) in [7, 11) is 1.64. The Hall–Kier alpha value is -4.31. The van der Waals surface area contributed by atoms with Gasteiger partial charge in [-0.2, -0.15) is 5.10 Å². The molecule has 0 spiro atoms. The number of aromatic nitrogens is 5. The number of aryl methyl sites for hydroxylation is 2. The first-order valence-electron chi connectivity index (χ1n) is 11.9. The molecule has 1 aliphatic heterocycles. The zero-order valence-electron chi connectivity index (χ0n) is 20.8. The summed E-state index contributed by atoms with van der Waals surface area (Å²) >= 11 is 1.52. The molecule has 1 aromatic carbocycles. The van der Waals surface area contributed by atoms with E-state index in [0.29, 0.717) is 12.1 Å². The van der Waals surface area contributed by atoms with Crippen LogP contribution in [-0.4, -0.2) is 36.1 Å². The molecular weight excluding hydrogens is 486 g/mol. The van der Waals surface area contributed by atoms with E-state index in [0.717, 1.165) is 27.8 Å². The van der Waals surface area contributed by atoms with Crippen LogP contribution in [0.1, 0.15) is 56.6 Å². The summed E-state index contributed by atoms with van der Waals surface area (Å²) in [6, 6.07) is 10.0. The maximum Gasteiger partial charge on any atom is 0.274 e. The zero-order chi connectivity index (χ0) is 25.9. The summed E-state index contributed by atoms with van der Waals surface area (Å²) in [4.78, 5) is 35.3. The first-order chi connectivity index (χ1) is 17.9. The van der Waals surface area contributed by atoms with Crippen molar-refractivity contribution in [3.05, 3.63) is 93.7 Å². The molecule has 0 radical (unpaired) electrons. The van der Waals surface area contributed by atoms with Gasteiger partial charge < -0.3 is 15.2 Å². The first kappa shape index (κ1) is 24.4. The number of hydrogen-bond donors (Lipinski definition) is 2. The number of nitrogens with one attached hydrogen (secondary N) is 2. The van der Waals surface area contributed by atoms with Crippen molar-refractivity contribution in [2.45, 2.75) is 32.7 Å². The topological polar surface area (TPSA) is 107 Å². The summed E-state index contributed by atoms with van der Waals surface area (Å²) in [6.07, 6.45) is 9.80. The largest absolute Gasteiger partial charge is 0.346 e. The van der Waals surface area contributed by atoms with Gasteiger partial charge in [-0.15, -0.1) is 11.3 Å². The van der Waals surface area contributed by atoms with Gasteiger partial charge in [-0.3, -0.25) is 14.3 Å². The van der Waals surface area contributed by atoms with E-state index in [4.69, 9.17) is 4.98 Å². The Bertz CT molecular complexity index is 1510. The molecule has 0 saturated heterocycles. The molecule has 1 unspecified atom stereocenters. The number of benzene rings is 1. The Kier molecular flexibility index (Phi) is 6.82. The van der Waals surface area contributed by atoms with Crippen molar-refractivity contribution in [1.29, 1.82) is 0 Å². The number of carbonyl (C=O) groups is 2. The van der Waals surface area contributed by atoms with E-state index in [2.05, 4.69) is 27.6 Å². The number of imidazole rings is 1. The Labute approximate surface area is 218 Å². The first-order valence-corrected chi connectivity index (χ1v) is 12.8. The van der Waals surface area contributed by atoms with Crippen molar-refractivity contribution < 1.29 is 9.59 Å². The summed E-state index contributed by atoms with van der Waals surface area (Å²) in [5.41, 5.74) is 3.77. The second kappa shape index (κ2) is 10.4. The number of allylic oxidation sites excluding steroid dienone is 2. The lowest BCUT2D eigenvalue weighted by molar-refractivity contribution is 0.0919. The van der Waals surface area contributed by atoms with E-state index in [1.165, 1.54) is 22.2 Å². The van der Waals surface area contributed by atoms with Crippen LogP contribution < -0.4 is 10.6 Å². The molecule has 0 fully saturated rings. The minimum absolute atomic E-state index is 0.140. The van der Waals surface area contributed by atoms with Crippen molar-refractivity contribution in [1.82, 2.24) is 34.9 Å². The molecule has 10 heteroatoms. The molecule has 5 rings (SSSR count). The van der Waals surface area contributed by atoms with Gasteiger partial charge in [-0.05, 0) is 19.4 Å². The van der Waals surface area contributed by atoms with Gasteiger partial charge in [0.25, 0.3) is 11.8 Å². The molecule has 0 aliphatic carbocycles. The third-order valence-corrected chi connectivity index (χ3v) is 6.95. The van der Waals surface area contributed by atoms with Crippen LogP contribution >= 0.6 is 11.3 Å². The number of fused-ring (bicyclic) bond motifs is 1. The second-order valence-corrected chi connectivity index (χ2v) is 9.96. The lowest BCUT2D eigenvalue weighted by atomic mass is 10.1. The monoisotopic (exact) mass is 513 g/mol. The molecule has 37 heavy (non-hydrogen) atoms. The Morgan fingerprint density at radius 3 is 2.73 bits per heavy atom. The normalized spacial score (nSPS) is 14.9. The highest BCUT2D eigenvalue weighted by atomic mass is 32.1. The smallest absolute Gasteiger partial charge is 0.274 e. The minimum Gasteiger partial charge on any atom is -0.346 e. The number of rotatable bonds is 6. The molecule has 0 saturated carbocycles. The number of carbonyl (C=O) groups excluding carboxylic acids is 2. The average molecular weight is 514 g/mol. The minimum atomic E-state index is -0.408. The molecule has 2 N–H and O–H groups in total. The van der Waals surface area contributed by atoms with E-state index in [1.54, 1.807) is 7.05 Å². The summed E-state index contributed by atoms with van der Waals surface area (Å²) in [6.45, 7) is 4.30. The quantitative estimate of drug-likeness (QED) is 0.400. The van der Waals surface area contributed by atoms with E-state index < -0.39 is 5.91 Å². The van der Waals surface area contributed by atoms with Crippen LogP contribution in [0.3, 0.4) is 0 Å². The summed E-state index contributed by atoms with van der Waals surface area (Å²) in [5.74, 6) is 0.310. The predicted octanol–water partition coefficient (Wildman–Crippen LogP) is 4.27. The Morgan fingerprint density at radius 1 is 1.16 bits per heavy atom. The lowest BCUT2D eigenvalue weighted by Crippen LogP contribution is -2.30. The lowest BCUT2D eigenvalue weighted by Gasteiger charge is -2.15. The maximum absolute atomic E-state index is 13.3. The van der Waals surface area contributed by atoms with Gasteiger partial charge in [-0.1, -0.05) is 43.3 Å². The van der Waals surface area contributed by atoms with Gasteiger partial charge in [0.05, 0.1) is 34.7 Å². The van der Waals surface area contributed by atoms with Gasteiger partial charge in [0.15, 0.2) is 0 Å². The highest BCUT2D eigenvalue weighted by molar-refractivity contribution is 7.09. The molecule has 188 valence electrons. The average Bonchev–Trinajstić information content (AvgIpc) is 3.61. The maximum atomic E-state index is 13.3. The van der Waals surface area contributed by atoms with E-state index in [1.807, 2.05) is 71.8 Å². The van der Waals surface area contributed by atoms with Crippen LogP contribution in [0.4, 0.5) is 0 Å². The molecule has 4 aromatic rings. The molecular formula is C27H27N7O2S. The van der Waals surface area contributed by atoms with Crippen molar-refractivity contribution in [2.75, 3.05) is 0 Å². The Morgan fingerprint density at radius 2 is 1.97 bits per heavy atom. The van der Waals surface area contributed by atoms with Crippen molar-refractivity contribution in [3.63, 3.8) is 0 Å². The third kappa shape index (κ3) is 5.29. The number of nitrogens with zero attached hydrogens (tertiary/aromatic N) is 5. The molecule has 0 bridgehead atoms. The fourth-order valence-corrected chi connectivity index (χ4v) is 4.80. The molecule has 1 atom stereocenters.